The molecule has 2 aromatic rings. The van der Waals surface area contributed by atoms with E-state index in [9.17, 15) is 14.9 Å². The Balaban J connectivity index is 1.62. The van der Waals surface area contributed by atoms with Gasteiger partial charge in [-0.1, -0.05) is 36.2 Å². The first-order chi connectivity index (χ1) is 13.5. The molecule has 0 fully saturated rings. The van der Waals surface area contributed by atoms with Gasteiger partial charge in [-0.2, -0.15) is 5.26 Å². The highest BCUT2D eigenvalue weighted by Crippen LogP contribution is 2.37. The van der Waals surface area contributed by atoms with Gasteiger partial charge < -0.3 is 10.1 Å². The summed E-state index contributed by atoms with van der Waals surface area (Å²) in [5.41, 5.74) is 3.60. The summed E-state index contributed by atoms with van der Waals surface area (Å²) in [6.07, 6.45) is 4.37. The van der Waals surface area contributed by atoms with E-state index in [1.807, 2.05) is 31.2 Å². The fourth-order valence-electron chi connectivity index (χ4n) is 3.33. The van der Waals surface area contributed by atoms with E-state index in [1.165, 1.54) is 22.6 Å². The number of ether oxygens (including phenoxy) is 1. The Morgan fingerprint density at radius 3 is 2.64 bits per heavy atom. The van der Waals surface area contributed by atoms with Crippen molar-refractivity contribution in [3.63, 3.8) is 0 Å². The molecule has 0 saturated heterocycles. The van der Waals surface area contributed by atoms with Crippen molar-refractivity contribution in [3.05, 3.63) is 51.4 Å². The quantitative estimate of drug-likeness (QED) is 0.603. The van der Waals surface area contributed by atoms with Crippen LogP contribution in [0.5, 0.6) is 0 Å². The molecule has 0 bridgehead atoms. The lowest BCUT2D eigenvalue weighted by Crippen LogP contribution is -2.30. The van der Waals surface area contributed by atoms with E-state index in [0.29, 0.717) is 10.6 Å². The lowest BCUT2D eigenvalue weighted by Gasteiger charge is -2.13. The Hall–Kier alpha value is -2.65. The van der Waals surface area contributed by atoms with Gasteiger partial charge in [-0.3, -0.25) is 9.59 Å². The number of thiophene rings is 1. The smallest absolute Gasteiger partial charge is 0.311 e. The van der Waals surface area contributed by atoms with Gasteiger partial charge in [-0.25, -0.2) is 0 Å². The molecule has 0 radical (unpaired) electrons. The monoisotopic (exact) mass is 396 g/mol. The SMILES string of the molecule is Cc1ccc(CC(=O)O[C@H](C)C(=O)Nc2sc3c(c2C#N)CCCCC3)cc1. The second-order valence-electron chi connectivity index (χ2n) is 7.16. The van der Waals surface area contributed by atoms with Crippen LogP contribution in [0, 0.1) is 18.3 Å². The molecule has 1 aliphatic rings. The normalized spacial score (nSPS) is 14.3. The summed E-state index contributed by atoms with van der Waals surface area (Å²) in [5.74, 6) is -0.862. The lowest BCUT2D eigenvalue weighted by molar-refractivity contribution is -0.152. The number of benzene rings is 1. The minimum atomic E-state index is -0.925. The van der Waals surface area contributed by atoms with Gasteiger partial charge in [-0.05, 0) is 50.7 Å². The van der Waals surface area contributed by atoms with Crippen LogP contribution in [-0.2, 0) is 33.6 Å². The topological polar surface area (TPSA) is 79.2 Å². The molecular weight excluding hydrogens is 372 g/mol. The van der Waals surface area contributed by atoms with Gasteiger partial charge in [-0.15, -0.1) is 11.3 Å². The Kier molecular flexibility index (Phi) is 6.48. The highest BCUT2D eigenvalue weighted by atomic mass is 32.1. The number of esters is 1. The van der Waals surface area contributed by atoms with E-state index in [4.69, 9.17) is 4.74 Å². The van der Waals surface area contributed by atoms with Crippen LogP contribution in [0.15, 0.2) is 24.3 Å². The number of amides is 1. The third-order valence-corrected chi connectivity index (χ3v) is 6.12. The fourth-order valence-corrected chi connectivity index (χ4v) is 4.57. The van der Waals surface area contributed by atoms with Crippen molar-refractivity contribution < 1.29 is 14.3 Å². The Labute approximate surface area is 169 Å². The van der Waals surface area contributed by atoms with E-state index in [-0.39, 0.29) is 6.42 Å². The van der Waals surface area contributed by atoms with Crippen LogP contribution in [0.2, 0.25) is 0 Å². The second-order valence-corrected chi connectivity index (χ2v) is 8.27. The number of nitrogens with zero attached hydrogens (tertiary/aromatic N) is 1. The first kappa shape index (κ1) is 20.1. The summed E-state index contributed by atoms with van der Waals surface area (Å²) in [4.78, 5) is 25.8. The standard InChI is InChI=1S/C22H24N2O3S/c1-14-8-10-16(11-9-14)12-20(25)27-15(2)21(26)24-22-18(13-23)17-6-4-3-5-7-19(17)28-22/h8-11,15H,3-7,12H2,1-2H3,(H,24,26)/t15-/m1/s1. The largest absolute Gasteiger partial charge is 0.452 e. The van der Waals surface area contributed by atoms with Crippen molar-refractivity contribution >= 4 is 28.2 Å². The molecule has 3 rings (SSSR count). The number of nitriles is 1. The summed E-state index contributed by atoms with van der Waals surface area (Å²) in [6, 6.07) is 9.86. The maximum atomic E-state index is 12.5. The van der Waals surface area contributed by atoms with Crippen molar-refractivity contribution in [1.82, 2.24) is 0 Å². The number of aryl methyl sites for hydroxylation is 2. The summed E-state index contributed by atoms with van der Waals surface area (Å²) < 4.78 is 5.28. The van der Waals surface area contributed by atoms with Crippen molar-refractivity contribution in [2.45, 2.75) is 58.5 Å². The second kappa shape index (κ2) is 9.03. The van der Waals surface area contributed by atoms with Gasteiger partial charge in [0.15, 0.2) is 6.10 Å². The van der Waals surface area contributed by atoms with Gasteiger partial charge >= 0.3 is 5.97 Å². The van der Waals surface area contributed by atoms with Gasteiger partial charge in [0, 0.05) is 4.88 Å². The van der Waals surface area contributed by atoms with E-state index in [1.54, 1.807) is 6.92 Å². The Bertz CT molecular complexity index is 909. The molecule has 28 heavy (non-hydrogen) atoms. The molecular formula is C22H24N2O3S. The van der Waals surface area contributed by atoms with Crippen LogP contribution in [-0.4, -0.2) is 18.0 Å². The van der Waals surface area contributed by atoms with Crippen LogP contribution >= 0.6 is 11.3 Å². The van der Waals surface area contributed by atoms with Gasteiger partial charge in [0.25, 0.3) is 5.91 Å². The molecule has 5 nitrogen and oxygen atoms in total. The van der Waals surface area contributed by atoms with Crippen LogP contribution in [0.1, 0.15) is 53.3 Å². The van der Waals surface area contributed by atoms with Crippen molar-refractivity contribution in [1.29, 1.82) is 5.26 Å². The van der Waals surface area contributed by atoms with Crippen LogP contribution in [0.4, 0.5) is 5.00 Å². The number of carbonyl (C=O) groups is 2. The third-order valence-electron chi connectivity index (χ3n) is 4.92. The summed E-state index contributed by atoms with van der Waals surface area (Å²) in [7, 11) is 0. The summed E-state index contributed by atoms with van der Waals surface area (Å²) >= 11 is 1.47. The molecule has 1 aromatic heterocycles. The number of hydrogen-bond donors (Lipinski definition) is 1. The molecule has 0 saturated carbocycles. The molecule has 1 aromatic carbocycles. The van der Waals surface area contributed by atoms with Crippen molar-refractivity contribution in [2.75, 3.05) is 5.32 Å². The highest BCUT2D eigenvalue weighted by Gasteiger charge is 2.24. The minimum absolute atomic E-state index is 0.120. The lowest BCUT2D eigenvalue weighted by atomic mass is 10.1. The predicted octanol–water partition coefficient (Wildman–Crippen LogP) is 4.31. The molecule has 0 unspecified atom stereocenters. The predicted molar refractivity (Wildman–Crippen MR) is 109 cm³/mol. The first-order valence-corrected chi connectivity index (χ1v) is 10.4. The molecule has 1 aliphatic carbocycles. The zero-order valence-corrected chi connectivity index (χ0v) is 17.0. The van der Waals surface area contributed by atoms with Crippen LogP contribution < -0.4 is 5.32 Å². The third kappa shape index (κ3) is 4.79. The molecule has 6 heteroatoms. The molecule has 1 heterocycles. The Morgan fingerprint density at radius 2 is 1.93 bits per heavy atom. The van der Waals surface area contributed by atoms with Gasteiger partial charge in [0.1, 0.15) is 11.1 Å². The van der Waals surface area contributed by atoms with E-state index in [0.717, 1.165) is 42.4 Å². The summed E-state index contributed by atoms with van der Waals surface area (Å²) in [5, 5.41) is 12.9. The van der Waals surface area contributed by atoms with Crippen molar-refractivity contribution in [3.8, 4) is 6.07 Å². The molecule has 0 spiro atoms. The van der Waals surface area contributed by atoms with E-state index >= 15 is 0 Å². The van der Waals surface area contributed by atoms with Gasteiger partial charge in [0.05, 0.1) is 12.0 Å². The zero-order chi connectivity index (χ0) is 20.1. The number of fused-ring (bicyclic) bond motifs is 1. The first-order valence-electron chi connectivity index (χ1n) is 9.58. The van der Waals surface area contributed by atoms with E-state index in [2.05, 4.69) is 11.4 Å². The maximum absolute atomic E-state index is 12.5. The Morgan fingerprint density at radius 1 is 1.21 bits per heavy atom. The molecule has 1 N–H and O–H groups in total. The number of nitrogens with one attached hydrogen (secondary N) is 1. The fraction of sp³-hybridized carbons (Fsp3) is 0.409. The molecule has 146 valence electrons. The van der Waals surface area contributed by atoms with Crippen LogP contribution in [0.3, 0.4) is 0 Å². The average Bonchev–Trinajstić information content (AvgIpc) is 2.83. The van der Waals surface area contributed by atoms with Crippen molar-refractivity contribution in [2.24, 2.45) is 0 Å². The number of rotatable bonds is 5. The van der Waals surface area contributed by atoms with Crippen LogP contribution in [0.25, 0.3) is 0 Å². The molecule has 0 aliphatic heterocycles. The summed E-state index contributed by atoms with van der Waals surface area (Å²) in [6.45, 7) is 3.53. The maximum Gasteiger partial charge on any atom is 0.311 e. The minimum Gasteiger partial charge on any atom is -0.452 e. The van der Waals surface area contributed by atoms with E-state index < -0.39 is 18.0 Å². The zero-order valence-electron chi connectivity index (χ0n) is 16.2. The molecule has 1 atom stereocenters. The van der Waals surface area contributed by atoms with Gasteiger partial charge in [0.2, 0.25) is 0 Å². The molecule has 1 amide bonds. The number of hydrogen-bond acceptors (Lipinski definition) is 5. The number of anilines is 1. The highest BCUT2D eigenvalue weighted by molar-refractivity contribution is 7.16. The average molecular weight is 397 g/mol. The number of carbonyl (C=O) groups excluding carboxylic acids is 2.